The number of carbonyl (C=O) groups excluding carboxylic acids is 1. The molecule has 0 fully saturated rings. The predicted octanol–water partition coefficient (Wildman–Crippen LogP) is 7.30. The van der Waals surface area contributed by atoms with Crippen molar-refractivity contribution in [3.63, 3.8) is 0 Å². The van der Waals surface area contributed by atoms with Gasteiger partial charge >= 0.3 is 0 Å². The summed E-state index contributed by atoms with van der Waals surface area (Å²) in [4.78, 5) is 17.6. The molecule has 0 aliphatic rings. The maximum absolute atomic E-state index is 14.6. The monoisotopic (exact) mass is 681 g/mol. The summed E-state index contributed by atoms with van der Waals surface area (Å²) < 4.78 is 101. The van der Waals surface area contributed by atoms with Crippen molar-refractivity contribution in [1.82, 2.24) is 10.3 Å². The number of sulfonamides is 1. The summed E-state index contributed by atoms with van der Waals surface area (Å²) in [6.07, 6.45) is -1.32. The average Bonchev–Trinajstić information content (AvgIpc) is 3.68. The Morgan fingerprint density at radius 2 is 1.71 bits per heavy atom. The number of methoxy groups -OCH3 is 1. The molecule has 4 aromatic carbocycles. The summed E-state index contributed by atoms with van der Waals surface area (Å²) in [5, 5.41) is 2.80. The second kappa shape index (κ2) is 12.7. The minimum atomic E-state index is -4.23. The molecular formula is C34H27F4N3O6S. The van der Waals surface area contributed by atoms with Gasteiger partial charge in [-0.25, -0.2) is 31.0 Å². The van der Waals surface area contributed by atoms with Crippen LogP contribution in [0.3, 0.4) is 0 Å². The van der Waals surface area contributed by atoms with Crippen molar-refractivity contribution in [3.8, 4) is 39.7 Å². The van der Waals surface area contributed by atoms with Gasteiger partial charge in [0.2, 0.25) is 15.9 Å². The summed E-state index contributed by atoms with van der Waals surface area (Å²) in [7, 11) is -1.42. The Kier molecular flexibility index (Phi) is 8.60. The highest BCUT2D eigenvalue weighted by Gasteiger charge is 2.29. The smallest absolute Gasteiger partial charge is 0.255 e. The Labute approximate surface area is 271 Å². The van der Waals surface area contributed by atoms with E-state index in [9.17, 15) is 30.8 Å². The van der Waals surface area contributed by atoms with Crippen LogP contribution in [-0.4, -0.2) is 59.1 Å². The highest BCUT2D eigenvalue weighted by atomic mass is 32.2. The normalized spacial score (nSPS) is 12.4. The fourth-order valence-corrected chi connectivity index (χ4v) is 6.38. The summed E-state index contributed by atoms with van der Waals surface area (Å²) in [5.74, 6) is -1.35. The molecule has 1 N–H and O–H groups in total. The van der Waals surface area contributed by atoms with E-state index in [0.717, 1.165) is 6.26 Å². The van der Waals surface area contributed by atoms with E-state index < -0.39 is 47.0 Å². The lowest BCUT2D eigenvalue weighted by atomic mass is 9.96. The largest absolute Gasteiger partial charge is 0.496 e. The van der Waals surface area contributed by atoms with E-state index >= 15 is 0 Å². The average molecular weight is 682 g/mol. The molecule has 14 heteroatoms. The van der Waals surface area contributed by atoms with Gasteiger partial charge in [0, 0.05) is 29.6 Å². The molecule has 6 aromatic rings. The Bertz CT molecular complexity index is 2290. The fourth-order valence-electron chi connectivity index (χ4n) is 5.44. The van der Waals surface area contributed by atoms with Gasteiger partial charge in [-0.1, -0.05) is 12.1 Å². The van der Waals surface area contributed by atoms with Crippen molar-refractivity contribution in [1.29, 1.82) is 0 Å². The molecule has 0 aliphatic carbocycles. The zero-order chi connectivity index (χ0) is 34.3. The van der Waals surface area contributed by atoms with Crippen molar-refractivity contribution >= 4 is 43.7 Å². The Hall–Kier alpha value is -5.37. The van der Waals surface area contributed by atoms with Gasteiger partial charge in [-0.15, -0.1) is 0 Å². The minimum Gasteiger partial charge on any atom is -0.496 e. The number of para-hydroxylation sites is 1. The van der Waals surface area contributed by atoms with Gasteiger partial charge in [0.1, 0.15) is 41.3 Å². The molecule has 0 bridgehead atoms. The molecule has 0 saturated carbocycles. The summed E-state index contributed by atoms with van der Waals surface area (Å²) in [6, 6.07) is 16.9. The van der Waals surface area contributed by atoms with Crippen molar-refractivity contribution in [3.05, 3.63) is 90.0 Å². The molecule has 2 aromatic heterocycles. The number of benzene rings is 4. The van der Waals surface area contributed by atoms with E-state index in [4.69, 9.17) is 13.6 Å². The highest BCUT2D eigenvalue weighted by molar-refractivity contribution is 7.92. The third kappa shape index (κ3) is 5.94. The van der Waals surface area contributed by atoms with Crippen LogP contribution in [0.4, 0.5) is 23.2 Å². The van der Waals surface area contributed by atoms with Crippen LogP contribution in [0.15, 0.2) is 81.6 Å². The van der Waals surface area contributed by atoms with Crippen molar-refractivity contribution < 1.29 is 44.3 Å². The molecule has 1 amide bonds. The van der Waals surface area contributed by atoms with Crippen molar-refractivity contribution in [2.45, 2.75) is 6.17 Å². The van der Waals surface area contributed by atoms with Crippen LogP contribution in [0, 0.1) is 11.6 Å². The van der Waals surface area contributed by atoms with E-state index in [2.05, 4.69) is 10.3 Å². The zero-order valence-corrected chi connectivity index (χ0v) is 26.5. The second-order valence-electron chi connectivity index (χ2n) is 10.8. The highest BCUT2D eigenvalue weighted by Crippen LogP contribution is 2.44. The molecule has 0 radical (unpaired) electrons. The number of halogens is 4. The molecule has 48 heavy (non-hydrogen) atoms. The number of carbonyl (C=O) groups is 1. The molecule has 2 heterocycles. The van der Waals surface area contributed by atoms with Crippen LogP contribution in [0.25, 0.3) is 56.0 Å². The zero-order valence-electron chi connectivity index (χ0n) is 25.7. The Morgan fingerprint density at radius 3 is 2.35 bits per heavy atom. The van der Waals surface area contributed by atoms with Gasteiger partial charge in [0.25, 0.3) is 5.91 Å². The lowest BCUT2D eigenvalue weighted by molar-refractivity contribution is 0.0964. The number of aromatic nitrogens is 1. The number of anilines is 1. The van der Waals surface area contributed by atoms with Crippen LogP contribution < -0.4 is 14.4 Å². The maximum atomic E-state index is 14.6. The van der Waals surface area contributed by atoms with E-state index in [0.29, 0.717) is 15.4 Å². The van der Waals surface area contributed by atoms with Crippen molar-refractivity contribution in [2.24, 2.45) is 0 Å². The lowest BCUT2D eigenvalue weighted by Gasteiger charge is -2.26. The first kappa shape index (κ1) is 32.6. The van der Waals surface area contributed by atoms with Gasteiger partial charge in [-0.3, -0.25) is 9.10 Å². The standard InChI is InChI=1S/C34H27F4N3O6S/c1-39-33(42)30-23-14-22(19-9-12-27(45-2)24(13-19)34-40-31-25(38)5-4-6-28(31)47-34)26(41(48(3,43)44)17-21(37)16-35)15-29(23)46-32(30)18-7-10-20(36)11-8-18/h4-15,21H,16-17H2,1-3H3,(H,39,42). The minimum absolute atomic E-state index is 0.00870. The first-order chi connectivity index (χ1) is 22.9. The number of ether oxygens (including phenoxy) is 1. The Morgan fingerprint density at radius 1 is 0.979 bits per heavy atom. The van der Waals surface area contributed by atoms with Gasteiger partial charge in [0.15, 0.2) is 11.4 Å². The number of nitrogens with zero attached hydrogens (tertiary/aromatic N) is 2. The first-order valence-corrected chi connectivity index (χ1v) is 16.3. The number of alkyl halides is 2. The summed E-state index contributed by atoms with van der Waals surface area (Å²) in [5.41, 5.74) is 1.27. The number of fused-ring (bicyclic) bond motifs is 2. The quantitative estimate of drug-likeness (QED) is 0.151. The molecule has 248 valence electrons. The molecule has 0 aliphatic heterocycles. The number of oxazole rings is 1. The van der Waals surface area contributed by atoms with E-state index in [1.165, 1.54) is 68.8 Å². The number of furan rings is 1. The maximum Gasteiger partial charge on any atom is 0.255 e. The molecule has 1 atom stereocenters. The number of hydrogen-bond acceptors (Lipinski definition) is 7. The molecule has 0 saturated heterocycles. The second-order valence-corrected chi connectivity index (χ2v) is 12.7. The fraction of sp³-hybridized carbons (Fsp3) is 0.176. The topological polar surface area (TPSA) is 115 Å². The first-order valence-electron chi connectivity index (χ1n) is 14.4. The number of amides is 1. The summed E-state index contributed by atoms with van der Waals surface area (Å²) in [6.45, 7) is -2.31. The van der Waals surface area contributed by atoms with Crippen LogP contribution in [0.5, 0.6) is 5.75 Å². The summed E-state index contributed by atoms with van der Waals surface area (Å²) >= 11 is 0. The van der Waals surface area contributed by atoms with Crippen LogP contribution >= 0.6 is 0 Å². The van der Waals surface area contributed by atoms with Crippen LogP contribution in [0.1, 0.15) is 10.4 Å². The molecule has 1 unspecified atom stereocenters. The van der Waals surface area contributed by atoms with Gasteiger partial charge in [-0.05, 0) is 60.2 Å². The third-order valence-corrected chi connectivity index (χ3v) is 8.82. The predicted molar refractivity (Wildman–Crippen MR) is 173 cm³/mol. The SMILES string of the molecule is CNC(=O)c1c(-c2ccc(F)cc2)oc2cc(N(CC(F)CF)S(C)(=O)=O)c(-c3ccc(OC)c(-c4nc5c(F)cccc5o4)c3)cc12. The lowest BCUT2D eigenvalue weighted by Crippen LogP contribution is -2.36. The van der Waals surface area contributed by atoms with Crippen LogP contribution in [0.2, 0.25) is 0 Å². The van der Waals surface area contributed by atoms with E-state index in [1.807, 2.05) is 0 Å². The van der Waals surface area contributed by atoms with Crippen molar-refractivity contribution in [2.75, 3.05) is 37.9 Å². The molecule has 0 spiro atoms. The molecular weight excluding hydrogens is 654 g/mol. The number of rotatable bonds is 10. The van der Waals surface area contributed by atoms with Gasteiger partial charge in [0.05, 0.1) is 36.7 Å². The van der Waals surface area contributed by atoms with E-state index in [1.54, 1.807) is 18.2 Å². The number of nitrogens with one attached hydrogen (secondary N) is 1. The third-order valence-electron chi connectivity index (χ3n) is 7.68. The van der Waals surface area contributed by atoms with Gasteiger partial charge in [-0.2, -0.15) is 0 Å². The molecule has 9 nitrogen and oxygen atoms in total. The molecule has 6 rings (SSSR count). The Balaban J connectivity index is 1.67. The van der Waals surface area contributed by atoms with E-state index in [-0.39, 0.29) is 61.8 Å². The van der Waals surface area contributed by atoms with Gasteiger partial charge < -0.3 is 18.9 Å². The number of hydrogen-bond donors (Lipinski definition) is 1. The van der Waals surface area contributed by atoms with Crippen LogP contribution in [-0.2, 0) is 10.0 Å².